The van der Waals surface area contributed by atoms with Gasteiger partial charge in [0.2, 0.25) is 0 Å². The normalized spacial score (nSPS) is 14.4. The summed E-state index contributed by atoms with van der Waals surface area (Å²) in [6.45, 7) is 8.27. The molecule has 108 valence electrons. The van der Waals surface area contributed by atoms with Gasteiger partial charge in [-0.25, -0.2) is 4.57 Å². The van der Waals surface area contributed by atoms with Crippen molar-refractivity contribution in [2.45, 2.75) is 32.6 Å². The average Bonchev–Trinajstić information content (AvgIpc) is 2.27. The van der Waals surface area contributed by atoms with Crippen LogP contribution in [0.2, 0.25) is 0 Å². The molecule has 0 N–H and O–H groups in total. The predicted molar refractivity (Wildman–Crippen MR) is 82.5 cm³/mol. The zero-order valence-electron chi connectivity index (χ0n) is 12.3. The van der Waals surface area contributed by atoms with Crippen molar-refractivity contribution in [3.8, 4) is 5.75 Å². The van der Waals surface area contributed by atoms with Gasteiger partial charge in [0, 0.05) is 4.90 Å². The van der Waals surface area contributed by atoms with Crippen LogP contribution in [0.3, 0.4) is 0 Å². The largest absolute Gasteiger partial charge is 0.424 e. The molecule has 0 saturated carbocycles. The number of hydrogen-bond donors (Lipinski definition) is 0. The molecule has 0 aliphatic rings. The molecule has 19 heavy (non-hydrogen) atoms. The van der Waals surface area contributed by atoms with E-state index in [0.29, 0.717) is 18.5 Å². The van der Waals surface area contributed by atoms with Crippen molar-refractivity contribution < 1.29 is 13.6 Å². The van der Waals surface area contributed by atoms with E-state index >= 15 is 0 Å². The van der Waals surface area contributed by atoms with E-state index in [1.807, 2.05) is 52.1 Å². The highest BCUT2D eigenvalue weighted by Crippen LogP contribution is 2.50. The average molecular weight is 302 g/mol. The smallest absolute Gasteiger partial charge is 0.379 e. The van der Waals surface area contributed by atoms with Crippen molar-refractivity contribution in [3.05, 3.63) is 23.8 Å². The molecule has 5 heteroatoms. The molecular weight excluding hydrogens is 279 g/mol. The lowest BCUT2D eigenvalue weighted by Gasteiger charge is -2.20. The van der Waals surface area contributed by atoms with E-state index in [-0.39, 0.29) is 5.92 Å². The summed E-state index contributed by atoms with van der Waals surface area (Å²) in [5.41, 5.74) is 1.12. The van der Waals surface area contributed by atoms with Crippen LogP contribution in [0.15, 0.2) is 23.1 Å². The fraction of sp³-hybridized carbons (Fsp3) is 0.571. The molecule has 0 aliphatic heterocycles. The van der Waals surface area contributed by atoms with Crippen LogP contribution in [0.1, 0.15) is 26.3 Å². The summed E-state index contributed by atoms with van der Waals surface area (Å²) in [6.07, 6.45) is 2.47. The highest BCUT2D eigenvalue weighted by molar-refractivity contribution is 7.98. The molecule has 1 atom stereocenters. The van der Waals surface area contributed by atoms with E-state index < -0.39 is 7.60 Å². The molecule has 0 saturated heterocycles. The summed E-state index contributed by atoms with van der Waals surface area (Å²) in [5, 5.41) is 0. The van der Waals surface area contributed by atoms with E-state index in [0.717, 1.165) is 5.56 Å². The predicted octanol–water partition coefficient (Wildman–Crippen LogP) is 4.98. The van der Waals surface area contributed by atoms with Crippen LogP contribution in [0.5, 0.6) is 5.75 Å². The second-order valence-electron chi connectivity index (χ2n) is 4.83. The molecule has 1 aromatic rings. The van der Waals surface area contributed by atoms with Gasteiger partial charge in [-0.2, -0.15) is 0 Å². The highest BCUT2D eigenvalue weighted by Gasteiger charge is 2.27. The molecule has 1 rings (SSSR count). The van der Waals surface area contributed by atoms with E-state index in [4.69, 9.17) is 9.05 Å². The monoisotopic (exact) mass is 302 g/mol. The SMILES string of the molecule is CCOP(=O)(CC(C)C)Oc1ccc(SC)c(C)c1. The van der Waals surface area contributed by atoms with E-state index in [1.165, 1.54) is 4.90 Å². The lowest BCUT2D eigenvalue weighted by molar-refractivity contribution is 0.275. The molecule has 0 aromatic heterocycles. The van der Waals surface area contributed by atoms with Gasteiger partial charge in [-0.05, 0) is 49.8 Å². The van der Waals surface area contributed by atoms with Crippen LogP contribution in [0.25, 0.3) is 0 Å². The van der Waals surface area contributed by atoms with Gasteiger partial charge in [0.25, 0.3) is 0 Å². The molecular formula is C14H23O3PS. The number of thioether (sulfide) groups is 1. The van der Waals surface area contributed by atoms with Gasteiger partial charge in [0.15, 0.2) is 0 Å². The first kappa shape index (κ1) is 16.6. The third kappa shape index (κ3) is 5.21. The van der Waals surface area contributed by atoms with Gasteiger partial charge in [0.05, 0.1) is 12.8 Å². The fourth-order valence-electron chi connectivity index (χ4n) is 1.83. The second kappa shape index (κ2) is 7.37. The Bertz CT molecular complexity index is 460. The third-order valence-electron chi connectivity index (χ3n) is 2.53. The summed E-state index contributed by atoms with van der Waals surface area (Å²) in [5.74, 6) is 0.886. The Hall–Kier alpha value is -0.440. The molecule has 1 aromatic carbocycles. The number of aryl methyl sites for hydroxylation is 1. The maximum atomic E-state index is 12.6. The Kier molecular flexibility index (Phi) is 6.45. The highest BCUT2D eigenvalue weighted by atomic mass is 32.2. The summed E-state index contributed by atoms with van der Waals surface area (Å²) in [7, 11) is -3.05. The summed E-state index contributed by atoms with van der Waals surface area (Å²) >= 11 is 1.69. The molecule has 0 amide bonds. The zero-order valence-corrected chi connectivity index (χ0v) is 14.0. The lowest BCUT2D eigenvalue weighted by Crippen LogP contribution is -2.07. The Labute approximate surface area is 120 Å². The van der Waals surface area contributed by atoms with Crippen LogP contribution in [0, 0.1) is 12.8 Å². The summed E-state index contributed by atoms with van der Waals surface area (Å²) < 4.78 is 23.6. The quantitative estimate of drug-likeness (QED) is 0.525. The Morgan fingerprint density at radius 2 is 2.05 bits per heavy atom. The van der Waals surface area contributed by atoms with Gasteiger partial charge < -0.3 is 9.05 Å². The second-order valence-corrected chi connectivity index (χ2v) is 7.70. The number of benzene rings is 1. The first-order chi connectivity index (χ1) is 8.90. The molecule has 0 spiro atoms. The molecule has 0 bridgehead atoms. The van der Waals surface area contributed by atoms with E-state index in [9.17, 15) is 4.57 Å². The molecule has 1 unspecified atom stereocenters. The minimum Gasteiger partial charge on any atom is -0.424 e. The van der Waals surface area contributed by atoms with Gasteiger partial charge in [-0.1, -0.05) is 13.8 Å². The standard InChI is InChI=1S/C14H23O3PS/c1-6-16-18(15,10-11(2)3)17-13-7-8-14(19-5)12(4)9-13/h7-9,11H,6,10H2,1-5H3. The van der Waals surface area contributed by atoms with Crippen LogP contribution >= 0.6 is 19.4 Å². The first-order valence-corrected chi connectivity index (χ1v) is 9.43. The lowest BCUT2D eigenvalue weighted by atomic mass is 10.2. The van der Waals surface area contributed by atoms with Crippen LogP contribution < -0.4 is 4.52 Å². The van der Waals surface area contributed by atoms with Crippen molar-refractivity contribution in [2.24, 2.45) is 5.92 Å². The Morgan fingerprint density at radius 1 is 1.37 bits per heavy atom. The van der Waals surface area contributed by atoms with Gasteiger partial charge >= 0.3 is 7.60 Å². The topological polar surface area (TPSA) is 35.5 Å². The van der Waals surface area contributed by atoms with Gasteiger partial charge in [0.1, 0.15) is 5.75 Å². The first-order valence-electron chi connectivity index (χ1n) is 6.48. The molecule has 0 aliphatic carbocycles. The maximum Gasteiger partial charge on any atom is 0.379 e. The van der Waals surface area contributed by atoms with Crippen molar-refractivity contribution in [1.82, 2.24) is 0 Å². The molecule has 0 heterocycles. The van der Waals surface area contributed by atoms with Crippen LogP contribution in [-0.2, 0) is 9.09 Å². The molecule has 3 nitrogen and oxygen atoms in total. The van der Waals surface area contributed by atoms with Crippen molar-refractivity contribution >= 4 is 19.4 Å². The van der Waals surface area contributed by atoms with Crippen LogP contribution in [0.4, 0.5) is 0 Å². The Morgan fingerprint density at radius 3 is 2.53 bits per heavy atom. The van der Waals surface area contributed by atoms with Gasteiger partial charge in [-0.3, -0.25) is 0 Å². The number of hydrogen-bond acceptors (Lipinski definition) is 4. The Balaban J connectivity index is 2.90. The van der Waals surface area contributed by atoms with Crippen molar-refractivity contribution in [2.75, 3.05) is 19.0 Å². The van der Waals surface area contributed by atoms with Crippen LogP contribution in [-0.4, -0.2) is 19.0 Å². The molecule has 0 radical (unpaired) electrons. The fourth-order valence-corrected chi connectivity index (χ4v) is 4.37. The summed E-state index contributed by atoms with van der Waals surface area (Å²) in [6, 6.07) is 5.75. The number of rotatable bonds is 7. The third-order valence-corrected chi connectivity index (χ3v) is 5.74. The van der Waals surface area contributed by atoms with Crippen molar-refractivity contribution in [1.29, 1.82) is 0 Å². The van der Waals surface area contributed by atoms with E-state index in [2.05, 4.69) is 0 Å². The molecule has 0 fully saturated rings. The van der Waals surface area contributed by atoms with Gasteiger partial charge in [-0.15, -0.1) is 11.8 Å². The van der Waals surface area contributed by atoms with Crippen molar-refractivity contribution in [3.63, 3.8) is 0 Å². The minimum absolute atomic E-state index is 0.268. The summed E-state index contributed by atoms with van der Waals surface area (Å²) in [4.78, 5) is 1.20. The zero-order chi connectivity index (χ0) is 14.5. The minimum atomic E-state index is -3.05. The van der Waals surface area contributed by atoms with E-state index in [1.54, 1.807) is 11.8 Å². The maximum absolute atomic E-state index is 12.6.